The largest absolute Gasteiger partial charge is 0.324 e. The third-order valence-corrected chi connectivity index (χ3v) is 5.46. The van der Waals surface area contributed by atoms with Crippen molar-refractivity contribution in [3.8, 4) is 11.4 Å². The van der Waals surface area contributed by atoms with E-state index in [1.54, 1.807) is 0 Å². The maximum atomic E-state index is 12.5. The van der Waals surface area contributed by atoms with Gasteiger partial charge < -0.3 is 15.6 Å². The standard InChI is InChI=1S/C19H25N5O.2ClH/c20-19(11-3-1-4-12-19)18(25)21-15-9-7-14(8-10-15)17-23-22-16-6-2-5-13-24(16)17;;/h7-10H,1-6,11-13,20H2,(H,21,25);2*1H. The van der Waals surface area contributed by atoms with Crippen molar-refractivity contribution < 1.29 is 4.79 Å². The Morgan fingerprint density at radius 2 is 1.70 bits per heavy atom. The topological polar surface area (TPSA) is 85.8 Å². The molecule has 0 saturated heterocycles. The first-order chi connectivity index (χ1) is 12.2. The molecule has 1 aliphatic heterocycles. The van der Waals surface area contributed by atoms with Gasteiger partial charge in [0.2, 0.25) is 5.91 Å². The fraction of sp³-hybridized carbons (Fsp3) is 0.526. The third-order valence-electron chi connectivity index (χ3n) is 5.46. The van der Waals surface area contributed by atoms with Gasteiger partial charge in [0.1, 0.15) is 5.82 Å². The highest BCUT2D eigenvalue weighted by Crippen LogP contribution is 2.28. The molecule has 2 aromatic rings. The molecule has 6 nitrogen and oxygen atoms in total. The molecule has 3 N–H and O–H groups in total. The minimum Gasteiger partial charge on any atom is -0.324 e. The lowest BCUT2D eigenvalue weighted by Gasteiger charge is -2.31. The second kappa shape index (κ2) is 9.04. The van der Waals surface area contributed by atoms with Gasteiger partial charge in [-0.15, -0.1) is 35.0 Å². The molecule has 1 aromatic heterocycles. The number of nitrogens with one attached hydrogen (secondary N) is 1. The number of carbonyl (C=O) groups is 1. The summed E-state index contributed by atoms with van der Waals surface area (Å²) in [6.45, 7) is 0.978. The lowest BCUT2D eigenvalue weighted by molar-refractivity contribution is -0.122. The highest BCUT2D eigenvalue weighted by Gasteiger charge is 2.35. The van der Waals surface area contributed by atoms with E-state index in [1.807, 2.05) is 24.3 Å². The molecule has 1 saturated carbocycles. The van der Waals surface area contributed by atoms with Crippen LogP contribution in [0.15, 0.2) is 24.3 Å². The third kappa shape index (κ3) is 4.45. The van der Waals surface area contributed by atoms with Crippen LogP contribution in [-0.4, -0.2) is 26.2 Å². The number of halogens is 2. The zero-order valence-corrected chi connectivity index (χ0v) is 17.0. The number of benzene rings is 1. The number of aryl methyl sites for hydroxylation is 1. The lowest BCUT2D eigenvalue weighted by Crippen LogP contribution is -2.52. The molecule has 0 radical (unpaired) electrons. The molecule has 1 amide bonds. The number of rotatable bonds is 3. The molecule has 0 bridgehead atoms. The van der Waals surface area contributed by atoms with Crippen LogP contribution in [0.2, 0.25) is 0 Å². The summed E-state index contributed by atoms with van der Waals surface area (Å²) < 4.78 is 2.20. The van der Waals surface area contributed by atoms with Crippen LogP contribution in [-0.2, 0) is 17.8 Å². The van der Waals surface area contributed by atoms with Crippen LogP contribution < -0.4 is 11.1 Å². The number of hydrogen-bond acceptors (Lipinski definition) is 4. The highest BCUT2D eigenvalue weighted by molar-refractivity contribution is 5.98. The summed E-state index contributed by atoms with van der Waals surface area (Å²) in [5.41, 5.74) is 7.39. The number of anilines is 1. The molecular weight excluding hydrogens is 385 g/mol. The summed E-state index contributed by atoms with van der Waals surface area (Å²) in [6, 6.07) is 7.82. The summed E-state index contributed by atoms with van der Waals surface area (Å²) in [4.78, 5) is 12.5. The van der Waals surface area contributed by atoms with Gasteiger partial charge in [0.15, 0.2) is 5.82 Å². The van der Waals surface area contributed by atoms with Crippen LogP contribution in [0.3, 0.4) is 0 Å². The average molecular weight is 412 g/mol. The Bertz CT molecular complexity index is 769. The van der Waals surface area contributed by atoms with Crippen molar-refractivity contribution in [2.75, 3.05) is 5.32 Å². The van der Waals surface area contributed by atoms with Gasteiger partial charge in [-0.25, -0.2) is 0 Å². The van der Waals surface area contributed by atoms with Gasteiger partial charge in [0.05, 0.1) is 5.54 Å². The van der Waals surface area contributed by atoms with Crippen molar-refractivity contribution in [1.82, 2.24) is 14.8 Å². The Hall–Kier alpha value is -1.63. The van der Waals surface area contributed by atoms with Gasteiger partial charge >= 0.3 is 0 Å². The van der Waals surface area contributed by atoms with Gasteiger partial charge in [-0.3, -0.25) is 4.79 Å². The van der Waals surface area contributed by atoms with Gasteiger partial charge in [0, 0.05) is 24.2 Å². The molecule has 148 valence electrons. The molecule has 1 aliphatic carbocycles. The van der Waals surface area contributed by atoms with Crippen LogP contribution in [0.4, 0.5) is 5.69 Å². The van der Waals surface area contributed by atoms with E-state index in [-0.39, 0.29) is 30.7 Å². The van der Waals surface area contributed by atoms with Crippen molar-refractivity contribution in [3.05, 3.63) is 30.1 Å². The second-order valence-corrected chi connectivity index (χ2v) is 7.30. The normalized spacial score (nSPS) is 17.8. The maximum absolute atomic E-state index is 12.5. The van der Waals surface area contributed by atoms with Crippen LogP contribution >= 0.6 is 24.8 Å². The van der Waals surface area contributed by atoms with Crippen molar-refractivity contribution in [2.45, 2.75) is 63.5 Å². The van der Waals surface area contributed by atoms with E-state index in [4.69, 9.17) is 5.73 Å². The van der Waals surface area contributed by atoms with E-state index in [1.165, 1.54) is 19.3 Å². The molecule has 1 aromatic carbocycles. The fourth-order valence-corrected chi connectivity index (χ4v) is 3.89. The monoisotopic (exact) mass is 411 g/mol. The average Bonchev–Trinajstić information content (AvgIpc) is 3.07. The van der Waals surface area contributed by atoms with Crippen LogP contribution in [0.5, 0.6) is 0 Å². The zero-order valence-electron chi connectivity index (χ0n) is 15.3. The minimum absolute atomic E-state index is 0. The van der Waals surface area contributed by atoms with Crippen molar-refractivity contribution >= 4 is 36.4 Å². The SMILES string of the molecule is Cl.Cl.NC1(C(=O)Nc2ccc(-c3nnc4n3CCCC4)cc2)CCCCC1. The van der Waals surface area contributed by atoms with Crippen molar-refractivity contribution in [1.29, 1.82) is 0 Å². The molecule has 0 atom stereocenters. The summed E-state index contributed by atoms with van der Waals surface area (Å²) in [6.07, 6.45) is 8.12. The number of nitrogens with zero attached hydrogens (tertiary/aromatic N) is 3. The number of aromatic nitrogens is 3. The number of hydrogen-bond donors (Lipinski definition) is 2. The first kappa shape index (κ1) is 21.7. The van der Waals surface area contributed by atoms with E-state index in [2.05, 4.69) is 20.1 Å². The molecule has 0 unspecified atom stereocenters. The second-order valence-electron chi connectivity index (χ2n) is 7.30. The van der Waals surface area contributed by atoms with E-state index in [0.717, 1.165) is 61.5 Å². The minimum atomic E-state index is -0.719. The Labute approximate surface area is 172 Å². The lowest BCUT2D eigenvalue weighted by atomic mass is 9.82. The Morgan fingerprint density at radius 1 is 1.00 bits per heavy atom. The number of carbonyl (C=O) groups excluding carboxylic acids is 1. The summed E-state index contributed by atoms with van der Waals surface area (Å²) >= 11 is 0. The first-order valence-electron chi connectivity index (χ1n) is 9.29. The van der Waals surface area contributed by atoms with Gasteiger partial charge in [-0.1, -0.05) is 19.3 Å². The Morgan fingerprint density at radius 3 is 2.41 bits per heavy atom. The van der Waals surface area contributed by atoms with Gasteiger partial charge in [0.25, 0.3) is 0 Å². The molecule has 2 aliphatic rings. The smallest absolute Gasteiger partial charge is 0.244 e. The molecule has 2 heterocycles. The van der Waals surface area contributed by atoms with E-state index < -0.39 is 5.54 Å². The molecule has 0 spiro atoms. The van der Waals surface area contributed by atoms with Crippen LogP contribution in [0.1, 0.15) is 50.8 Å². The molecule has 27 heavy (non-hydrogen) atoms. The van der Waals surface area contributed by atoms with E-state index in [0.29, 0.717) is 0 Å². The molecule has 8 heteroatoms. The number of nitrogens with two attached hydrogens (primary N) is 1. The van der Waals surface area contributed by atoms with E-state index in [9.17, 15) is 4.79 Å². The number of fused-ring (bicyclic) bond motifs is 1. The highest BCUT2D eigenvalue weighted by atomic mass is 35.5. The fourth-order valence-electron chi connectivity index (χ4n) is 3.89. The van der Waals surface area contributed by atoms with Crippen LogP contribution in [0, 0.1) is 0 Å². The maximum Gasteiger partial charge on any atom is 0.244 e. The Kier molecular flexibility index (Phi) is 7.25. The zero-order chi connectivity index (χ0) is 17.3. The molecule has 4 rings (SSSR count). The van der Waals surface area contributed by atoms with Crippen LogP contribution in [0.25, 0.3) is 11.4 Å². The summed E-state index contributed by atoms with van der Waals surface area (Å²) in [5.74, 6) is 1.91. The van der Waals surface area contributed by atoms with Gasteiger partial charge in [-0.05, 0) is 49.9 Å². The summed E-state index contributed by atoms with van der Waals surface area (Å²) in [7, 11) is 0. The Balaban J connectivity index is 0.00000131. The van der Waals surface area contributed by atoms with Gasteiger partial charge in [-0.2, -0.15) is 0 Å². The van der Waals surface area contributed by atoms with Crippen molar-refractivity contribution in [3.63, 3.8) is 0 Å². The number of amides is 1. The predicted octanol–water partition coefficient (Wildman–Crippen LogP) is 3.73. The molecule has 1 fully saturated rings. The summed E-state index contributed by atoms with van der Waals surface area (Å²) in [5, 5.41) is 11.6. The molecular formula is C19H27Cl2N5O. The quantitative estimate of drug-likeness (QED) is 0.805. The van der Waals surface area contributed by atoms with Crippen molar-refractivity contribution in [2.24, 2.45) is 5.73 Å². The first-order valence-corrected chi connectivity index (χ1v) is 9.29. The van der Waals surface area contributed by atoms with E-state index >= 15 is 0 Å². The predicted molar refractivity (Wildman–Crippen MR) is 112 cm³/mol.